The quantitative estimate of drug-likeness (QED) is 0.899. The largest absolute Gasteiger partial charge is 0.345 e. The number of nitrogens with one attached hydrogen (secondary N) is 2. The van der Waals surface area contributed by atoms with E-state index in [4.69, 9.17) is 11.6 Å². The number of amides is 1. The Kier molecular flexibility index (Phi) is 4.43. The van der Waals surface area contributed by atoms with E-state index in [1.54, 1.807) is 0 Å². The van der Waals surface area contributed by atoms with Crippen molar-refractivity contribution in [2.24, 2.45) is 0 Å². The van der Waals surface area contributed by atoms with Gasteiger partial charge in [0.05, 0.1) is 12.1 Å². The molecule has 23 heavy (non-hydrogen) atoms. The minimum atomic E-state index is -0.420. The van der Waals surface area contributed by atoms with E-state index in [2.05, 4.69) is 20.3 Å². The third kappa shape index (κ3) is 3.42. The molecule has 120 valence electrons. The summed E-state index contributed by atoms with van der Waals surface area (Å²) >= 11 is 5.73. The smallest absolute Gasteiger partial charge is 0.266 e. The summed E-state index contributed by atoms with van der Waals surface area (Å²) in [6.45, 7) is 2.22. The van der Waals surface area contributed by atoms with Crippen LogP contribution in [0.3, 0.4) is 0 Å². The molecule has 0 fully saturated rings. The van der Waals surface area contributed by atoms with Gasteiger partial charge in [-0.05, 0) is 44.2 Å². The Bertz CT molecular complexity index is 816. The molecule has 0 bridgehead atoms. The Morgan fingerprint density at radius 3 is 2.91 bits per heavy atom. The first-order valence-corrected chi connectivity index (χ1v) is 7.94. The van der Waals surface area contributed by atoms with Gasteiger partial charge in [0.1, 0.15) is 10.8 Å². The van der Waals surface area contributed by atoms with E-state index in [-0.39, 0.29) is 17.5 Å². The fraction of sp³-hybridized carbons (Fsp3) is 0.375. The molecular weight excluding hydrogens is 316 g/mol. The zero-order valence-electron chi connectivity index (χ0n) is 12.8. The van der Waals surface area contributed by atoms with Gasteiger partial charge in [-0.2, -0.15) is 0 Å². The molecule has 0 aromatic carbocycles. The number of aromatic amines is 1. The van der Waals surface area contributed by atoms with Gasteiger partial charge in [-0.15, -0.1) is 0 Å². The van der Waals surface area contributed by atoms with E-state index < -0.39 is 5.56 Å². The van der Waals surface area contributed by atoms with E-state index in [1.807, 2.05) is 6.92 Å². The van der Waals surface area contributed by atoms with Gasteiger partial charge in [0, 0.05) is 17.6 Å². The van der Waals surface area contributed by atoms with Crippen LogP contribution in [0.25, 0.3) is 0 Å². The van der Waals surface area contributed by atoms with E-state index >= 15 is 0 Å². The number of nitrogens with zero attached hydrogens (tertiary/aromatic N) is 2. The molecule has 2 heterocycles. The Morgan fingerprint density at radius 2 is 2.13 bits per heavy atom. The van der Waals surface area contributed by atoms with Gasteiger partial charge >= 0.3 is 0 Å². The highest BCUT2D eigenvalue weighted by molar-refractivity contribution is 6.30. The van der Waals surface area contributed by atoms with E-state index in [0.29, 0.717) is 11.4 Å². The maximum absolute atomic E-state index is 12.1. The van der Waals surface area contributed by atoms with E-state index in [0.717, 1.165) is 30.7 Å². The summed E-state index contributed by atoms with van der Waals surface area (Å²) in [4.78, 5) is 34.8. The van der Waals surface area contributed by atoms with Gasteiger partial charge in [0.25, 0.3) is 11.5 Å². The molecule has 7 heteroatoms. The standard InChI is InChI=1S/C16H17ClN4O2/c1-9-11-4-2-3-5-13(11)21-14(20-9)8-19-15(22)10-6-12(17)16(23)18-7-10/h6-7H,2-5,8H2,1H3,(H,18,23)(H,19,22). The summed E-state index contributed by atoms with van der Waals surface area (Å²) in [5.41, 5.74) is 3.21. The average molecular weight is 333 g/mol. The number of fused-ring (bicyclic) bond motifs is 1. The van der Waals surface area contributed by atoms with Crippen LogP contribution in [-0.4, -0.2) is 20.9 Å². The molecule has 0 saturated carbocycles. The van der Waals surface area contributed by atoms with Crippen molar-refractivity contribution in [1.82, 2.24) is 20.3 Å². The maximum atomic E-state index is 12.1. The minimum absolute atomic E-state index is 0.0153. The summed E-state index contributed by atoms with van der Waals surface area (Å²) in [5, 5.41) is 2.74. The highest BCUT2D eigenvalue weighted by Crippen LogP contribution is 2.21. The minimum Gasteiger partial charge on any atom is -0.345 e. The molecule has 3 rings (SSSR count). The number of hydrogen-bond donors (Lipinski definition) is 2. The summed E-state index contributed by atoms with van der Waals surface area (Å²) < 4.78 is 0. The monoisotopic (exact) mass is 332 g/mol. The Labute approximate surface area is 138 Å². The third-order valence-electron chi connectivity index (χ3n) is 3.96. The fourth-order valence-electron chi connectivity index (χ4n) is 2.77. The SMILES string of the molecule is Cc1nc(CNC(=O)c2c[nH]c(=O)c(Cl)c2)nc2c1CCCC2. The second-order valence-corrected chi connectivity index (χ2v) is 6.01. The van der Waals surface area contributed by atoms with Gasteiger partial charge in [-0.25, -0.2) is 9.97 Å². The molecule has 1 amide bonds. The molecule has 0 atom stereocenters. The van der Waals surface area contributed by atoms with Gasteiger partial charge in [0.2, 0.25) is 0 Å². The molecule has 0 unspecified atom stereocenters. The molecule has 1 aliphatic carbocycles. The summed E-state index contributed by atoms with van der Waals surface area (Å²) in [6.07, 6.45) is 5.66. The van der Waals surface area contributed by atoms with Crippen LogP contribution in [0.2, 0.25) is 5.02 Å². The molecule has 6 nitrogen and oxygen atoms in total. The number of rotatable bonds is 3. The van der Waals surface area contributed by atoms with Crippen molar-refractivity contribution in [2.75, 3.05) is 0 Å². The first-order valence-electron chi connectivity index (χ1n) is 7.56. The highest BCUT2D eigenvalue weighted by atomic mass is 35.5. The van der Waals surface area contributed by atoms with Crippen molar-refractivity contribution in [3.05, 3.63) is 56.0 Å². The predicted octanol–water partition coefficient (Wildman–Crippen LogP) is 1.94. The number of pyridine rings is 1. The second-order valence-electron chi connectivity index (χ2n) is 5.61. The number of halogens is 1. The number of aromatic nitrogens is 3. The number of aryl methyl sites for hydroxylation is 2. The van der Waals surface area contributed by atoms with Gasteiger partial charge in [0.15, 0.2) is 0 Å². The molecule has 2 N–H and O–H groups in total. The second kappa shape index (κ2) is 6.50. The van der Waals surface area contributed by atoms with Crippen LogP contribution in [0, 0.1) is 6.92 Å². The zero-order valence-corrected chi connectivity index (χ0v) is 13.5. The molecule has 2 aromatic rings. The maximum Gasteiger partial charge on any atom is 0.266 e. The summed E-state index contributed by atoms with van der Waals surface area (Å²) in [5.74, 6) is 0.272. The van der Waals surface area contributed by atoms with Crippen LogP contribution < -0.4 is 10.9 Å². The normalized spacial score (nSPS) is 13.5. The Hall–Kier alpha value is -2.21. The van der Waals surface area contributed by atoms with Crippen LogP contribution in [0.1, 0.15) is 46.0 Å². The first-order chi connectivity index (χ1) is 11.0. The highest BCUT2D eigenvalue weighted by Gasteiger charge is 2.16. The Morgan fingerprint density at radius 1 is 1.35 bits per heavy atom. The van der Waals surface area contributed by atoms with Gasteiger partial charge in [-0.3, -0.25) is 9.59 Å². The van der Waals surface area contributed by atoms with Crippen molar-refractivity contribution in [2.45, 2.75) is 39.2 Å². The van der Waals surface area contributed by atoms with Gasteiger partial charge in [-0.1, -0.05) is 11.6 Å². The average Bonchev–Trinajstić information content (AvgIpc) is 2.55. The number of hydrogen-bond acceptors (Lipinski definition) is 4. The predicted molar refractivity (Wildman–Crippen MR) is 86.7 cm³/mol. The number of carbonyl (C=O) groups excluding carboxylic acids is 1. The van der Waals surface area contributed by atoms with Crippen LogP contribution in [0.5, 0.6) is 0 Å². The lowest BCUT2D eigenvalue weighted by molar-refractivity contribution is 0.0949. The topological polar surface area (TPSA) is 87.7 Å². The molecule has 0 spiro atoms. The third-order valence-corrected chi connectivity index (χ3v) is 4.24. The van der Waals surface area contributed by atoms with E-state index in [9.17, 15) is 9.59 Å². The molecule has 0 aliphatic heterocycles. The van der Waals surface area contributed by atoms with Crippen molar-refractivity contribution in [3.8, 4) is 0 Å². The molecule has 2 aromatic heterocycles. The lowest BCUT2D eigenvalue weighted by Gasteiger charge is -2.17. The molecule has 0 radical (unpaired) electrons. The van der Waals surface area contributed by atoms with Crippen molar-refractivity contribution in [1.29, 1.82) is 0 Å². The number of carbonyl (C=O) groups is 1. The number of H-pyrrole nitrogens is 1. The summed E-state index contributed by atoms with van der Waals surface area (Å²) in [7, 11) is 0. The first kappa shape index (κ1) is 15.7. The fourth-order valence-corrected chi connectivity index (χ4v) is 2.94. The van der Waals surface area contributed by atoms with Crippen molar-refractivity contribution >= 4 is 17.5 Å². The van der Waals surface area contributed by atoms with Crippen LogP contribution in [0.15, 0.2) is 17.1 Å². The van der Waals surface area contributed by atoms with Crippen LogP contribution in [0.4, 0.5) is 0 Å². The van der Waals surface area contributed by atoms with Gasteiger partial charge < -0.3 is 10.3 Å². The lowest BCUT2D eigenvalue weighted by atomic mass is 9.95. The Balaban J connectivity index is 1.72. The summed E-state index contributed by atoms with van der Waals surface area (Å²) in [6, 6.07) is 1.34. The van der Waals surface area contributed by atoms with Crippen molar-refractivity contribution in [3.63, 3.8) is 0 Å². The molecule has 0 saturated heterocycles. The van der Waals surface area contributed by atoms with Crippen LogP contribution in [-0.2, 0) is 19.4 Å². The molecule has 1 aliphatic rings. The van der Waals surface area contributed by atoms with Crippen molar-refractivity contribution < 1.29 is 4.79 Å². The van der Waals surface area contributed by atoms with E-state index in [1.165, 1.54) is 24.2 Å². The molecular formula is C16H17ClN4O2. The van der Waals surface area contributed by atoms with Crippen LogP contribution >= 0.6 is 11.6 Å². The zero-order chi connectivity index (χ0) is 16.4. The lowest BCUT2D eigenvalue weighted by Crippen LogP contribution is -2.26.